The second-order valence-corrected chi connectivity index (χ2v) is 4.17. The molecule has 1 rings (SSSR count). The van der Waals surface area contributed by atoms with Crippen LogP contribution in [0.3, 0.4) is 0 Å². The van der Waals surface area contributed by atoms with E-state index < -0.39 is 0 Å². The predicted octanol–water partition coefficient (Wildman–Crippen LogP) is 3.28. The summed E-state index contributed by atoms with van der Waals surface area (Å²) in [7, 11) is 0. The first-order valence-electron chi connectivity index (χ1n) is 5.44. The number of rotatable bonds is 5. The highest BCUT2D eigenvalue weighted by Crippen LogP contribution is 2.23. The summed E-state index contributed by atoms with van der Waals surface area (Å²) < 4.78 is 0. The van der Waals surface area contributed by atoms with Crippen molar-refractivity contribution >= 4 is 17.3 Å². The molecule has 0 atom stereocenters. The van der Waals surface area contributed by atoms with E-state index in [9.17, 15) is 0 Å². The second-order valence-electron chi connectivity index (χ2n) is 3.73. The molecule has 1 aromatic rings. The van der Waals surface area contributed by atoms with Crippen LogP contribution in [-0.4, -0.2) is 13.1 Å². The minimum absolute atomic E-state index is 0.452. The summed E-state index contributed by atoms with van der Waals surface area (Å²) in [5.74, 6) is 0. The third-order valence-electron chi connectivity index (χ3n) is 2.49. The van der Waals surface area contributed by atoms with Crippen molar-refractivity contribution in [2.75, 3.05) is 18.0 Å². The molecule has 4 heteroatoms. The van der Waals surface area contributed by atoms with Crippen LogP contribution in [0.1, 0.15) is 18.4 Å². The molecule has 0 unspecified atom stereocenters. The Morgan fingerprint density at radius 3 is 2.24 bits per heavy atom. The highest BCUT2D eigenvalue weighted by atomic mass is 35.5. The molecule has 0 bridgehead atoms. The minimum atomic E-state index is 0.452. The van der Waals surface area contributed by atoms with Crippen LogP contribution in [0.15, 0.2) is 18.2 Å². The maximum atomic E-state index is 8.64. The molecular formula is C13H14ClN3. The second kappa shape index (κ2) is 6.78. The lowest BCUT2D eigenvalue weighted by Crippen LogP contribution is -2.26. The van der Waals surface area contributed by atoms with E-state index in [1.165, 1.54) is 0 Å². The number of aryl methyl sites for hydroxylation is 1. The van der Waals surface area contributed by atoms with Crippen LogP contribution >= 0.6 is 11.6 Å². The van der Waals surface area contributed by atoms with Gasteiger partial charge in [-0.25, -0.2) is 0 Å². The van der Waals surface area contributed by atoms with Crippen LogP contribution in [-0.2, 0) is 0 Å². The molecule has 0 fully saturated rings. The smallest absolute Gasteiger partial charge is 0.0640 e. The van der Waals surface area contributed by atoms with Gasteiger partial charge in [-0.15, -0.1) is 0 Å². The van der Waals surface area contributed by atoms with E-state index in [-0.39, 0.29) is 0 Å². The van der Waals surface area contributed by atoms with Crippen LogP contribution in [0.25, 0.3) is 0 Å². The summed E-state index contributed by atoms with van der Waals surface area (Å²) in [6, 6.07) is 9.91. The lowest BCUT2D eigenvalue weighted by atomic mass is 10.1. The summed E-state index contributed by atoms with van der Waals surface area (Å²) in [5.41, 5.74) is 2.10. The molecule has 0 saturated heterocycles. The Balaban J connectivity index is 2.88. The average molecular weight is 248 g/mol. The molecule has 1 aromatic carbocycles. The van der Waals surface area contributed by atoms with Crippen molar-refractivity contribution in [2.45, 2.75) is 19.8 Å². The molecule has 0 aliphatic heterocycles. The largest absolute Gasteiger partial charge is 0.369 e. The van der Waals surface area contributed by atoms with Crippen LogP contribution in [0.4, 0.5) is 5.69 Å². The third kappa shape index (κ3) is 3.98. The zero-order chi connectivity index (χ0) is 12.7. The maximum Gasteiger partial charge on any atom is 0.0640 e. The van der Waals surface area contributed by atoms with Crippen LogP contribution < -0.4 is 4.90 Å². The van der Waals surface area contributed by atoms with Crippen LogP contribution in [0.2, 0.25) is 5.02 Å². The molecular weight excluding hydrogens is 234 g/mol. The molecule has 0 N–H and O–H groups in total. The summed E-state index contributed by atoms with van der Waals surface area (Å²) in [6.07, 6.45) is 0.904. The van der Waals surface area contributed by atoms with Gasteiger partial charge in [-0.3, -0.25) is 0 Å². The number of nitrogens with zero attached hydrogens (tertiary/aromatic N) is 3. The molecule has 88 valence electrons. The molecule has 0 saturated carbocycles. The van der Waals surface area contributed by atoms with Gasteiger partial charge in [0.15, 0.2) is 0 Å². The van der Waals surface area contributed by atoms with Crippen molar-refractivity contribution in [3.63, 3.8) is 0 Å². The van der Waals surface area contributed by atoms with Crippen molar-refractivity contribution in [2.24, 2.45) is 0 Å². The summed E-state index contributed by atoms with van der Waals surface area (Å²) in [5, 5.41) is 18.0. The van der Waals surface area contributed by atoms with Crippen LogP contribution in [0.5, 0.6) is 0 Å². The Hall–Kier alpha value is -1.71. The van der Waals surface area contributed by atoms with Crippen molar-refractivity contribution < 1.29 is 0 Å². The monoisotopic (exact) mass is 247 g/mol. The third-order valence-corrected chi connectivity index (χ3v) is 2.72. The van der Waals surface area contributed by atoms with E-state index in [0.717, 1.165) is 11.3 Å². The van der Waals surface area contributed by atoms with E-state index in [2.05, 4.69) is 17.0 Å². The first kappa shape index (κ1) is 13.4. The number of hydrogen-bond donors (Lipinski definition) is 0. The lowest BCUT2D eigenvalue weighted by molar-refractivity contribution is 0.793. The van der Waals surface area contributed by atoms with Gasteiger partial charge < -0.3 is 4.90 Å². The molecule has 0 amide bonds. The quantitative estimate of drug-likeness (QED) is 0.802. The minimum Gasteiger partial charge on any atom is -0.369 e. The highest BCUT2D eigenvalue weighted by molar-refractivity contribution is 6.30. The van der Waals surface area contributed by atoms with Gasteiger partial charge in [-0.2, -0.15) is 10.5 Å². The number of halogens is 1. The van der Waals surface area contributed by atoms with E-state index >= 15 is 0 Å². The molecule has 0 aliphatic rings. The fourth-order valence-corrected chi connectivity index (χ4v) is 1.92. The number of nitriles is 2. The zero-order valence-electron chi connectivity index (χ0n) is 9.78. The van der Waals surface area contributed by atoms with Crippen molar-refractivity contribution in [1.82, 2.24) is 0 Å². The standard InChI is InChI=1S/C13H14ClN3/c1-11-10-12(14)4-5-13(11)17(8-2-6-15)9-3-7-16/h4-5,10H,2-3,8-9H2,1H3. The predicted molar refractivity (Wildman–Crippen MR) is 68.9 cm³/mol. The first-order chi connectivity index (χ1) is 8.19. The SMILES string of the molecule is Cc1cc(Cl)ccc1N(CCC#N)CCC#N. The van der Waals surface area contributed by atoms with Gasteiger partial charge >= 0.3 is 0 Å². The van der Waals surface area contributed by atoms with E-state index in [1.807, 2.05) is 25.1 Å². The topological polar surface area (TPSA) is 50.8 Å². The van der Waals surface area contributed by atoms with Gasteiger partial charge in [0.1, 0.15) is 0 Å². The summed E-state index contributed by atoms with van der Waals surface area (Å²) >= 11 is 5.91. The normalized spacial score (nSPS) is 9.41. The highest BCUT2D eigenvalue weighted by Gasteiger charge is 2.08. The Morgan fingerprint density at radius 2 is 1.76 bits per heavy atom. The van der Waals surface area contributed by atoms with E-state index in [4.69, 9.17) is 22.1 Å². The van der Waals surface area contributed by atoms with Crippen molar-refractivity contribution in [3.05, 3.63) is 28.8 Å². The molecule has 3 nitrogen and oxygen atoms in total. The zero-order valence-corrected chi connectivity index (χ0v) is 10.5. The van der Waals surface area contributed by atoms with Crippen LogP contribution in [0, 0.1) is 29.6 Å². The van der Waals surface area contributed by atoms with E-state index in [1.54, 1.807) is 0 Å². The Bertz CT molecular complexity index is 439. The van der Waals surface area contributed by atoms with E-state index in [0.29, 0.717) is 31.0 Å². The lowest BCUT2D eigenvalue weighted by Gasteiger charge is -2.24. The maximum absolute atomic E-state index is 8.64. The fourth-order valence-electron chi connectivity index (χ4n) is 1.70. The van der Waals surface area contributed by atoms with Gasteiger partial charge in [-0.1, -0.05) is 11.6 Å². The summed E-state index contributed by atoms with van der Waals surface area (Å²) in [4.78, 5) is 2.05. The van der Waals surface area contributed by atoms with Crippen molar-refractivity contribution in [1.29, 1.82) is 10.5 Å². The molecule has 0 spiro atoms. The molecule has 17 heavy (non-hydrogen) atoms. The van der Waals surface area contributed by atoms with Crippen molar-refractivity contribution in [3.8, 4) is 12.1 Å². The number of benzene rings is 1. The van der Waals surface area contributed by atoms with Gasteiger partial charge in [0, 0.05) is 23.8 Å². The molecule has 0 aliphatic carbocycles. The van der Waals surface area contributed by atoms with Gasteiger partial charge in [0.2, 0.25) is 0 Å². The molecule has 0 radical (unpaired) electrons. The fraction of sp³-hybridized carbons (Fsp3) is 0.385. The molecule has 0 heterocycles. The Morgan fingerprint density at radius 1 is 1.18 bits per heavy atom. The number of hydrogen-bond acceptors (Lipinski definition) is 3. The Labute approximate surface area is 107 Å². The van der Waals surface area contributed by atoms with Gasteiger partial charge in [0.05, 0.1) is 25.0 Å². The van der Waals surface area contributed by atoms with Gasteiger partial charge in [0.25, 0.3) is 0 Å². The van der Waals surface area contributed by atoms with Gasteiger partial charge in [-0.05, 0) is 30.7 Å². The Kier molecular flexibility index (Phi) is 5.33. The number of anilines is 1. The summed E-state index contributed by atoms with van der Waals surface area (Å²) in [6.45, 7) is 3.26. The molecule has 0 aromatic heterocycles. The average Bonchev–Trinajstić information content (AvgIpc) is 2.30. The first-order valence-corrected chi connectivity index (χ1v) is 5.82.